The van der Waals surface area contributed by atoms with Crippen molar-refractivity contribution in [3.05, 3.63) is 24.0 Å². The maximum Gasteiger partial charge on any atom is 0.245 e. The van der Waals surface area contributed by atoms with Crippen LogP contribution in [0.25, 0.3) is 0 Å². The van der Waals surface area contributed by atoms with Crippen LogP contribution in [0.2, 0.25) is 0 Å². The maximum absolute atomic E-state index is 12.8. The van der Waals surface area contributed by atoms with E-state index in [2.05, 4.69) is 4.98 Å². The Morgan fingerprint density at radius 2 is 2.25 bits per heavy atom. The van der Waals surface area contributed by atoms with Crippen molar-refractivity contribution in [2.24, 2.45) is 11.7 Å². The molecule has 2 N–H and O–H groups in total. The standard InChI is InChI=1S/C13H19N3O2S2/c1-2-8-16(9-10-5-6-10)20(17,18)11-4-3-7-15-12(11)13(14)19/h3-4,7,10H,2,5-6,8-9H2,1H3,(H2,14,19). The summed E-state index contributed by atoms with van der Waals surface area (Å²) < 4.78 is 27.1. The molecule has 5 nitrogen and oxygen atoms in total. The van der Waals surface area contributed by atoms with Crippen molar-refractivity contribution >= 4 is 27.2 Å². The second-order valence-corrected chi connectivity index (χ2v) is 7.37. The quantitative estimate of drug-likeness (QED) is 0.773. The molecule has 2 rings (SSSR count). The Morgan fingerprint density at radius 1 is 1.55 bits per heavy atom. The lowest BCUT2D eigenvalue weighted by atomic mass is 10.3. The van der Waals surface area contributed by atoms with Crippen LogP contribution in [-0.2, 0) is 10.0 Å². The molecule has 0 atom stereocenters. The lowest BCUT2D eigenvalue weighted by Gasteiger charge is -2.22. The maximum atomic E-state index is 12.8. The fraction of sp³-hybridized carbons (Fsp3) is 0.538. The van der Waals surface area contributed by atoms with Crippen LogP contribution in [0.15, 0.2) is 23.2 Å². The Hall–Kier alpha value is -1.05. The molecule has 1 aliphatic rings. The molecule has 1 fully saturated rings. The minimum Gasteiger partial charge on any atom is -0.388 e. The molecule has 1 heterocycles. The van der Waals surface area contributed by atoms with Gasteiger partial charge in [-0.2, -0.15) is 4.31 Å². The van der Waals surface area contributed by atoms with Gasteiger partial charge in [0.2, 0.25) is 10.0 Å². The molecule has 1 aromatic rings. The third-order valence-corrected chi connectivity index (χ3v) is 5.34. The molecular weight excluding hydrogens is 294 g/mol. The number of rotatable bonds is 7. The zero-order valence-corrected chi connectivity index (χ0v) is 13.1. The van der Waals surface area contributed by atoms with Gasteiger partial charge in [-0.1, -0.05) is 19.1 Å². The van der Waals surface area contributed by atoms with E-state index < -0.39 is 10.0 Å². The average molecular weight is 313 g/mol. The number of hydrogen-bond acceptors (Lipinski definition) is 4. The molecule has 0 saturated heterocycles. The third-order valence-electron chi connectivity index (χ3n) is 3.25. The number of thiocarbonyl (C=S) groups is 1. The summed E-state index contributed by atoms with van der Waals surface area (Å²) in [7, 11) is -3.59. The van der Waals surface area contributed by atoms with Gasteiger partial charge in [0.25, 0.3) is 0 Å². The molecule has 20 heavy (non-hydrogen) atoms. The van der Waals surface area contributed by atoms with E-state index in [0.717, 1.165) is 19.3 Å². The minimum atomic E-state index is -3.59. The molecular formula is C13H19N3O2S2. The molecule has 0 spiro atoms. The Morgan fingerprint density at radius 3 is 2.80 bits per heavy atom. The normalized spacial score (nSPS) is 15.5. The van der Waals surface area contributed by atoms with Crippen LogP contribution in [0.5, 0.6) is 0 Å². The molecule has 0 bridgehead atoms. The van der Waals surface area contributed by atoms with Crippen LogP contribution in [0.4, 0.5) is 0 Å². The largest absolute Gasteiger partial charge is 0.388 e. The highest BCUT2D eigenvalue weighted by Gasteiger charge is 2.32. The predicted octanol–water partition coefficient (Wildman–Crippen LogP) is 1.53. The van der Waals surface area contributed by atoms with Crippen LogP contribution in [0, 0.1) is 5.92 Å². The second kappa shape index (κ2) is 6.15. The van der Waals surface area contributed by atoms with Gasteiger partial charge in [0, 0.05) is 19.3 Å². The Bertz CT molecular complexity index is 597. The molecule has 0 unspecified atom stereocenters. The monoisotopic (exact) mass is 313 g/mol. The SMILES string of the molecule is CCCN(CC1CC1)S(=O)(=O)c1cccnc1C(N)=S. The summed E-state index contributed by atoms with van der Waals surface area (Å²) in [6.45, 7) is 3.04. The van der Waals surface area contributed by atoms with Gasteiger partial charge >= 0.3 is 0 Å². The summed E-state index contributed by atoms with van der Waals surface area (Å²) in [6, 6.07) is 3.11. The minimum absolute atomic E-state index is 0.00652. The summed E-state index contributed by atoms with van der Waals surface area (Å²) in [5.74, 6) is 0.487. The summed E-state index contributed by atoms with van der Waals surface area (Å²) in [4.78, 5) is 4.13. The molecule has 0 radical (unpaired) electrons. The van der Waals surface area contributed by atoms with E-state index in [1.165, 1.54) is 16.6 Å². The van der Waals surface area contributed by atoms with Crippen molar-refractivity contribution in [3.63, 3.8) is 0 Å². The Kier molecular flexibility index (Phi) is 4.72. The lowest BCUT2D eigenvalue weighted by molar-refractivity contribution is 0.395. The molecule has 7 heteroatoms. The van der Waals surface area contributed by atoms with Crippen molar-refractivity contribution in [1.29, 1.82) is 0 Å². The van der Waals surface area contributed by atoms with Crippen molar-refractivity contribution in [2.45, 2.75) is 31.1 Å². The highest BCUT2D eigenvalue weighted by atomic mass is 32.2. The van der Waals surface area contributed by atoms with Crippen LogP contribution in [0.3, 0.4) is 0 Å². The van der Waals surface area contributed by atoms with Gasteiger partial charge in [-0.3, -0.25) is 4.98 Å². The number of nitrogens with two attached hydrogens (primary N) is 1. The van der Waals surface area contributed by atoms with Crippen LogP contribution in [-0.4, -0.2) is 35.8 Å². The predicted molar refractivity (Wildman–Crippen MR) is 81.9 cm³/mol. The van der Waals surface area contributed by atoms with Gasteiger partial charge in [0.05, 0.1) is 0 Å². The number of sulfonamides is 1. The summed E-state index contributed by atoms with van der Waals surface area (Å²) >= 11 is 4.90. The van der Waals surface area contributed by atoms with Crippen LogP contribution in [0.1, 0.15) is 31.9 Å². The molecule has 1 aromatic heterocycles. The van der Waals surface area contributed by atoms with Gasteiger partial charge in [0.15, 0.2) is 0 Å². The molecule has 0 amide bonds. The Balaban J connectivity index is 2.38. The molecule has 1 aliphatic carbocycles. The van der Waals surface area contributed by atoms with E-state index in [4.69, 9.17) is 18.0 Å². The average Bonchev–Trinajstić information content (AvgIpc) is 3.22. The van der Waals surface area contributed by atoms with E-state index in [1.807, 2.05) is 6.92 Å². The number of aromatic nitrogens is 1. The molecule has 110 valence electrons. The van der Waals surface area contributed by atoms with Gasteiger partial charge in [-0.15, -0.1) is 0 Å². The van der Waals surface area contributed by atoms with Gasteiger partial charge in [-0.25, -0.2) is 8.42 Å². The first-order valence-electron chi connectivity index (χ1n) is 6.71. The summed E-state index contributed by atoms with van der Waals surface area (Å²) in [6.07, 6.45) is 4.48. The van der Waals surface area contributed by atoms with E-state index in [1.54, 1.807) is 6.07 Å². The third kappa shape index (κ3) is 3.34. The van der Waals surface area contributed by atoms with E-state index >= 15 is 0 Å². The topological polar surface area (TPSA) is 76.3 Å². The lowest BCUT2D eigenvalue weighted by Crippen LogP contribution is -2.35. The fourth-order valence-electron chi connectivity index (χ4n) is 2.07. The van der Waals surface area contributed by atoms with E-state index in [0.29, 0.717) is 19.0 Å². The zero-order valence-electron chi connectivity index (χ0n) is 11.4. The number of hydrogen-bond donors (Lipinski definition) is 1. The van der Waals surface area contributed by atoms with Crippen molar-refractivity contribution < 1.29 is 8.42 Å². The highest BCUT2D eigenvalue weighted by molar-refractivity contribution is 7.89. The van der Waals surface area contributed by atoms with Crippen LogP contribution < -0.4 is 5.73 Å². The zero-order chi connectivity index (χ0) is 14.8. The molecule has 1 saturated carbocycles. The van der Waals surface area contributed by atoms with Crippen molar-refractivity contribution in [1.82, 2.24) is 9.29 Å². The van der Waals surface area contributed by atoms with Gasteiger partial charge in [0.1, 0.15) is 15.6 Å². The first kappa shape index (κ1) is 15.3. The fourth-order valence-corrected chi connectivity index (χ4v) is 4.06. The van der Waals surface area contributed by atoms with Crippen molar-refractivity contribution in [3.8, 4) is 0 Å². The molecule has 0 aromatic carbocycles. The molecule has 0 aliphatic heterocycles. The van der Waals surface area contributed by atoms with Gasteiger partial charge in [-0.05, 0) is 37.3 Å². The Labute approximate surface area is 125 Å². The highest BCUT2D eigenvalue weighted by Crippen LogP contribution is 2.32. The van der Waals surface area contributed by atoms with Crippen molar-refractivity contribution in [2.75, 3.05) is 13.1 Å². The first-order valence-corrected chi connectivity index (χ1v) is 8.56. The first-order chi connectivity index (χ1) is 9.46. The van der Waals surface area contributed by atoms with Crippen LogP contribution >= 0.6 is 12.2 Å². The number of nitrogens with zero attached hydrogens (tertiary/aromatic N) is 2. The smallest absolute Gasteiger partial charge is 0.245 e. The summed E-state index contributed by atoms with van der Waals surface area (Å²) in [5, 5.41) is 0. The van der Waals surface area contributed by atoms with Gasteiger partial charge < -0.3 is 5.73 Å². The van der Waals surface area contributed by atoms with E-state index in [9.17, 15) is 8.42 Å². The van der Waals surface area contributed by atoms with E-state index in [-0.39, 0.29) is 15.6 Å². The second-order valence-electron chi connectivity index (χ2n) is 5.02. The number of pyridine rings is 1. The summed E-state index contributed by atoms with van der Waals surface area (Å²) in [5.41, 5.74) is 5.76.